The monoisotopic (exact) mass is 357 g/mol. The topological polar surface area (TPSA) is 3.24 Å². The predicted octanol–water partition coefficient (Wildman–Crippen LogP) is 6.82. The van der Waals surface area contributed by atoms with Gasteiger partial charge in [-0.3, -0.25) is 0 Å². The van der Waals surface area contributed by atoms with Gasteiger partial charge in [0.1, 0.15) is 0 Å². The third-order valence-corrected chi connectivity index (χ3v) is 8.27. The minimum absolute atomic E-state index is 0.0134. The van der Waals surface area contributed by atoms with Crippen molar-refractivity contribution in [3.8, 4) is 0 Å². The van der Waals surface area contributed by atoms with Crippen molar-refractivity contribution in [2.75, 3.05) is 4.90 Å². The maximum absolute atomic E-state index is 2.84. The number of nitrogens with zero attached hydrogens (tertiary/aromatic N) is 1. The number of allylic oxidation sites excluding steroid dienone is 1. The molecular weight excluding hydrogens is 326 g/mol. The van der Waals surface area contributed by atoms with Gasteiger partial charge in [0.2, 0.25) is 0 Å². The molecule has 0 N–H and O–H groups in total. The third-order valence-electron chi connectivity index (χ3n) is 8.27. The second-order valence-corrected chi connectivity index (χ2v) is 9.17. The SMILES string of the molecule is CC1=C(C)C2(C)c3ccccc3N(C3CCCCC3)C2(C)c2ccccc21. The highest BCUT2D eigenvalue weighted by Crippen LogP contribution is 2.64. The Morgan fingerprint density at radius 3 is 2.19 bits per heavy atom. The summed E-state index contributed by atoms with van der Waals surface area (Å²) in [5.41, 5.74) is 8.93. The van der Waals surface area contributed by atoms with Gasteiger partial charge in [-0.1, -0.05) is 67.3 Å². The van der Waals surface area contributed by atoms with Crippen molar-refractivity contribution in [3.05, 3.63) is 70.8 Å². The van der Waals surface area contributed by atoms with E-state index in [1.807, 2.05) is 0 Å². The average Bonchev–Trinajstić information content (AvgIpc) is 2.93. The molecule has 2 aliphatic carbocycles. The first kappa shape index (κ1) is 17.1. The molecule has 1 heteroatoms. The van der Waals surface area contributed by atoms with Crippen LogP contribution in [0.2, 0.25) is 0 Å². The predicted molar refractivity (Wildman–Crippen MR) is 115 cm³/mol. The number of benzene rings is 2. The lowest BCUT2D eigenvalue weighted by Crippen LogP contribution is -2.58. The molecule has 1 aliphatic heterocycles. The van der Waals surface area contributed by atoms with Crippen LogP contribution in [0.4, 0.5) is 5.69 Å². The molecule has 2 aromatic carbocycles. The molecular formula is C26H31N. The summed E-state index contributed by atoms with van der Waals surface area (Å²) < 4.78 is 0. The van der Waals surface area contributed by atoms with Crippen LogP contribution in [0.25, 0.3) is 5.57 Å². The van der Waals surface area contributed by atoms with Crippen molar-refractivity contribution in [2.24, 2.45) is 0 Å². The van der Waals surface area contributed by atoms with Crippen molar-refractivity contribution < 1.29 is 0 Å². The van der Waals surface area contributed by atoms with Crippen molar-refractivity contribution >= 4 is 11.3 Å². The van der Waals surface area contributed by atoms with Gasteiger partial charge >= 0.3 is 0 Å². The lowest BCUT2D eigenvalue weighted by molar-refractivity contribution is 0.259. The zero-order chi connectivity index (χ0) is 18.8. The molecule has 1 heterocycles. The first-order valence-corrected chi connectivity index (χ1v) is 10.7. The Morgan fingerprint density at radius 1 is 0.815 bits per heavy atom. The molecule has 1 saturated carbocycles. The smallest absolute Gasteiger partial charge is 0.0766 e. The number of rotatable bonds is 1. The first-order valence-electron chi connectivity index (χ1n) is 10.7. The van der Waals surface area contributed by atoms with Crippen LogP contribution in [-0.2, 0) is 11.0 Å². The maximum Gasteiger partial charge on any atom is 0.0766 e. The summed E-state index contributed by atoms with van der Waals surface area (Å²) in [6.07, 6.45) is 6.78. The van der Waals surface area contributed by atoms with Crippen molar-refractivity contribution in [1.82, 2.24) is 0 Å². The van der Waals surface area contributed by atoms with Crippen LogP contribution in [0.3, 0.4) is 0 Å². The van der Waals surface area contributed by atoms with Crippen LogP contribution < -0.4 is 4.90 Å². The number of anilines is 1. The highest BCUT2D eigenvalue weighted by molar-refractivity contribution is 5.83. The molecule has 0 amide bonds. The standard InChI is InChI=1S/C26H31N/c1-18-19(2)25(3)23-16-10-11-17-24(23)27(20-12-6-5-7-13-20)26(25,4)22-15-9-8-14-21(18)22/h8-11,14-17,20H,5-7,12-13H2,1-4H3. The molecule has 0 radical (unpaired) electrons. The highest BCUT2D eigenvalue weighted by Gasteiger charge is 2.61. The van der Waals surface area contributed by atoms with Crippen LogP contribution in [-0.4, -0.2) is 6.04 Å². The fourth-order valence-electron chi connectivity index (χ4n) is 6.53. The van der Waals surface area contributed by atoms with Crippen molar-refractivity contribution in [2.45, 2.75) is 76.8 Å². The van der Waals surface area contributed by atoms with E-state index in [2.05, 4.69) is 81.1 Å². The van der Waals surface area contributed by atoms with E-state index in [9.17, 15) is 0 Å². The summed E-state index contributed by atoms with van der Waals surface area (Å²) in [6.45, 7) is 9.73. The number of hydrogen-bond donors (Lipinski definition) is 0. The molecule has 0 saturated heterocycles. The minimum Gasteiger partial charge on any atom is -0.358 e. The van der Waals surface area contributed by atoms with Gasteiger partial charge in [0, 0.05) is 17.1 Å². The molecule has 0 aromatic heterocycles. The molecule has 5 rings (SSSR count). The van der Waals surface area contributed by atoms with E-state index in [0.29, 0.717) is 6.04 Å². The molecule has 2 aromatic rings. The quantitative estimate of drug-likeness (QED) is 0.541. The Bertz CT molecular complexity index is 933. The van der Waals surface area contributed by atoms with E-state index in [0.717, 1.165) is 0 Å². The number of para-hydroxylation sites is 1. The zero-order valence-electron chi connectivity index (χ0n) is 17.2. The van der Waals surface area contributed by atoms with Crippen molar-refractivity contribution in [3.63, 3.8) is 0 Å². The summed E-state index contributed by atoms with van der Waals surface area (Å²) in [5.74, 6) is 0. The molecule has 0 bridgehead atoms. The van der Waals surface area contributed by atoms with E-state index in [-0.39, 0.29) is 11.0 Å². The van der Waals surface area contributed by atoms with Gasteiger partial charge in [0.25, 0.3) is 0 Å². The number of fused-ring (bicyclic) bond motifs is 5. The van der Waals surface area contributed by atoms with E-state index in [1.165, 1.54) is 65.6 Å². The van der Waals surface area contributed by atoms with Crippen LogP contribution in [0.15, 0.2) is 54.1 Å². The summed E-state index contributed by atoms with van der Waals surface area (Å²) in [7, 11) is 0. The van der Waals surface area contributed by atoms with E-state index in [4.69, 9.17) is 0 Å². The minimum atomic E-state index is -0.0289. The Hall–Kier alpha value is -2.02. The van der Waals surface area contributed by atoms with Crippen LogP contribution >= 0.6 is 0 Å². The van der Waals surface area contributed by atoms with E-state index >= 15 is 0 Å². The van der Waals surface area contributed by atoms with Gasteiger partial charge in [0.05, 0.1) is 5.54 Å². The largest absolute Gasteiger partial charge is 0.358 e. The van der Waals surface area contributed by atoms with Crippen molar-refractivity contribution in [1.29, 1.82) is 0 Å². The fraction of sp³-hybridized carbons (Fsp3) is 0.462. The van der Waals surface area contributed by atoms with E-state index < -0.39 is 0 Å². The summed E-state index contributed by atoms with van der Waals surface area (Å²) in [4.78, 5) is 2.84. The lowest BCUT2D eigenvalue weighted by Gasteiger charge is -2.54. The number of hydrogen-bond acceptors (Lipinski definition) is 1. The van der Waals surface area contributed by atoms with Gasteiger partial charge in [-0.2, -0.15) is 0 Å². The summed E-state index contributed by atoms with van der Waals surface area (Å²) in [5, 5.41) is 0. The summed E-state index contributed by atoms with van der Waals surface area (Å²) in [6, 6.07) is 19.0. The van der Waals surface area contributed by atoms with Gasteiger partial charge in [0.15, 0.2) is 0 Å². The highest BCUT2D eigenvalue weighted by atomic mass is 15.3. The summed E-state index contributed by atoms with van der Waals surface area (Å²) >= 11 is 0. The molecule has 1 nitrogen and oxygen atoms in total. The Kier molecular flexibility index (Phi) is 3.63. The molecule has 0 spiro atoms. The third kappa shape index (κ3) is 1.96. The molecule has 3 aliphatic rings. The Balaban J connectivity index is 1.85. The van der Waals surface area contributed by atoms with Crippen LogP contribution in [0.1, 0.15) is 76.5 Å². The first-order chi connectivity index (χ1) is 13.0. The van der Waals surface area contributed by atoms with Crippen LogP contribution in [0, 0.1) is 0 Å². The lowest BCUT2D eigenvalue weighted by atomic mass is 9.57. The fourth-order valence-corrected chi connectivity index (χ4v) is 6.53. The zero-order valence-corrected chi connectivity index (χ0v) is 17.2. The van der Waals surface area contributed by atoms with Gasteiger partial charge in [-0.25, -0.2) is 0 Å². The average molecular weight is 358 g/mol. The molecule has 27 heavy (non-hydrogen) atoms. The second-order valence-electron chi connectivity index (χ2n) is 9.17. The molecule has 2 unspecified atom stereocenters. The Labute approximate surface area is 164 Å². The Morgan fingerprint density at radius 2 is 1.44 bits per heavy atom. The second kappa shape index (κ2) is 5.74. The van der Waals surface area contributed by atoms with Gasteiger partial charge < -0.3 is 4.90 Å². The molecule has 140 valence electrons. The normalized spacial score (nSPS) is 30.1. The van der Waals surface area contributed by atoms with Crippen LogP contribution in [0.5, 0.6) is 0 Å². The van der Waals surface area contributed by atoms with E-state index in [1.54, 1.807) is 0 Å². The molecule has 1 fully saturated rings. The molecule has 2 atom stereocenters. The van der Waals surface area contributed by atoms with Gasteiger partial charge in [-0.05, 0) is 68.9 Å². The maximum atomic E-state index is 2.84. The van der Waals surface area contributed by atoms with Gasteiger partial charge in [-0.15, -0.1) is 0 Å².